The molecule has 1 saturated heterocycles. The molecule has 158 valence electrons. The fourth-order valence-corrected chi connectivity index (χ4v) is 3.24. The minimum absolute atomic E-state index is 0.000653. The lowest BCUT2D eigenvalue weighted by molar-refractivity contribution is -0.121. The molecule has 1 aromatic rings. The Balaban J connectivity index is 1.37. The van der Waals surface area contributed by atoms with Gasteiger partial charge in [-0.2, -0.15) is 0 Å². The van der Waals surface area contributed by atoms with Gasteiger partial charge in [0.05, 0.1) is 12.1 Å². The number of imide groups is 1. The largest absolute Gasteiger partial charge is 0.493 e. The molecule has 7 heteroatoms. The van der Waals surface area contributed by atoms with E-state index in [-0.39, 0.29) is 17.5 Å². The third-order valence-corrected chi connectivity index (χ3v) is 5.12. The Morgan fingerprint density at radius 2 is 2.10 bits per heavy atom. The van der Waals surface area contributed by atoms with Crippen molar-refractivity contribution in [1.82, 2.24) is 21.1 Å². The first-order valence-corrected chi connectivity index (χ1v) is 10.5. The minimum Gasteiger partial charge on any atom is -0.493 e. The fourth-order valence-electron chi connectivity index (χ4n) is 3.24. The van der Waals surface area contributed by atoms with Crippen LogP contribution < -0.4 is 20.9 Å². The standard InChI is InChI=1S/C22H32N4O3/c1-17(2)16-29-19-8-6-7-18(15-19)22(10-11-22)25-23-12-4-3-5-13-26-14-9-20(27)24-21(26)28/h3,5-8,15,17,23,25H,4,9-14,16H2,1-2H3,(H,24,27,28)/b5-3+. The van der Waals surface area contributed by atoms with Gasteiger partial charge in [0.1, 0.15) is 5.75 Å². The van der Waals surface area contributed by atoms with Gasteiger partial charge in [0.2, 0.25) is 5.91 Å². The van der Waals surface area contributed by atoms with Crippen LogP contribution in [-0.2, 0) is 10.3 Å². The van der Waals surface area contributed by atoms with Crippen LogP contribution in [0, 0.1) is 5.92 Å². The van der Waals surface area contributed by atoms with Gasteiger partial charge in [0.25, 0.3) is 0 Å². The molecule has 1 saturated carbocycles. The molecule has 0 atom stereocenters. The van der Waals surface area contributed by atoms with Gasteiger partial charge in [-0.3, -0.25) is 15.5 Å². The maximum atomic E-state index is 11.6. The smallest absolute Gasteiger partial charge is 0.324 e. The SMILES string of the molecule is CC(C)COc1cccc(C2(NNCC/C=C/CN3CCC(=O)NC3=O)CC2)c1. The quantitative estimate of drug-likeness (QED) is 0.302. The molecule has 3 rings (SSSR count). The van der Waals surface area contributed by atoms with Crippen molar-refractivity contribution in [2.75, 3.05) is 26.2 Å². The number of hydrogen-bond acceptors (Lipinski definition) is 5. The van der Waals surface area contributed by atoms with Crippen molar-refractivity contribution in [1.29, 1.82) is 0 Å². The highest BCUT2D eigenvalue weighted by Crippen LogP contribution is 2.45. The first-order chi connectivity index (χ1) is 14.0. The van der Waals surface area contributed by atoms with Gasteiger partial charge < -0.3 is 9.64 Å². The number of nitrogens with zero attached hydrogens (tertiary/aromatic N) is 1. The molecule has 0 spiro atoms. The van der Waals surface area contributed by atoms with Crippen LogP contribution in [0.15, 0.2) is 36.4 Å². The van der Waals surface area contributed by atoms with Crippen LogP contribution in [0.25, 0.3) is 0 Å². The average molecular weight is 401 g/mol. The molecule has 2 fully saturated rings. The number of carbonyl (C=O) groups is 2. The van der Waals surface area contributed by atoms with Crippen molar-refractivity contribution in [2.45, 2.75) is 45.1 Å². The van der Waals surface area contributed by atoms with Crippen LogP contribution in [0.3, 0.4) is 0 Å². The fraction of sp³-hybridized carbons (Fsp3) is 0.545. The van der Waals surface area contributed by atoms with Gasteiger partial charge in [-0.25, -0.2) is 10.2 Å². The maximum Gasteiger partial charge on any atom is 0.324 e. The van der Waals surface area contributed by atoms with Crippen LogP contribution >= 0.6 is 0 Å². The van der Waals surface area contributed by atoms with Gasteiger partial charge in [-0.1, -0.05) is 38.1 Å². The first-order valence-electron chi connectivity index (χ1n) is 10.5. The van der Waals surface area contributed by atoms with E-state index in [1.165, 1.54) is 5.56 Å². The van der Waals surface area contributed by atoms with E-state index in [1.807, 2.05) is 12.1 Å². The van der Waals surface area contributed by atoms with Crippen molar-refractivity contribution in [3.05, 3.63) is 42.0 Å². The summed E-state index contributed by atoms with van der Waals surface area (Å²) in [4.78, 5) is 24.4. The van der Waals surface area contributed by atoms with Crippen LogP contribution in [0.5, 0.6) is 5.75 Å². The molecule has 1 heterocycles. The summed E-state index contributed by atoms with van der Waals surface area (Å²) in [5, 5.41) is 2.33. The lowest BCUT2D eigenvalue weighted by Crippen LogP contribution is -2.49. The van der Waals surface area contributed by atoms with Crippen LogP contribution in [0.4, 0.5) is 4.79 Å². The molecule has 1 aromatic carbocycles. The lowest BCUT2D eigenvalue weighted by atomic mass is 10.1. The Morgan fingerprint density at radius 1 is 1.28 bits per heavy atom. The maximum absolute atomic E-state index is 11.6. The summed E-state index contributed by atoms with van der Waals surface area (Å²) in [6.45, 7) is 6.83. The molecule has 0 aromatic heterocycles. The second-order valence-corrected chi connectivity index (χ2v) is 8.18. The third kappa shape index (κ3) is 6.30. The summed E-state index contributed by atoms with van der Waals surface area (Å²) >= 11 is 0. The molecule has 0 radical (unpaired) electrons. The second kappa shape index (κ2) is 9.89. The first kappa shape index (κ1) is 21.3. The molecule has 2 aliphatic rings. The monoisotopic (exact) mass is 400 g/mol. The zero-order valence-electron chi connectivity index (χ0n) is 17.4. The summed E-state index contributed by atoms with van der Waals surface area (Å²) in [6.07, 6.45) is 7.46. The molecule has 0 unspecified atom stereocenters. The Labute approximate surface area is 172 Å². The zero-order valence-corrected chi connectivity index (χ0v) is 17.4. The summed E-state index contributed by atoms with van der Waals surface area (Å²) in [5.74, 6) is 1.24. The van der Waals surface area contributed by atoms with Crippen molar-refractivity contribution < 1.29 is 14.3 Å². The molecular formula is C22H32N4O3. The molecule has 0 bridgehead atoms. The number of urea groups is 1. The summed E-state index contributed by atoms with van der Waals surface area (Å²) in [5.41, 5.74) is 8.07. The van der Waals surface area contributed by atoms with Crippen molar-refractivity contribution in [3.63, 3.8) is 0 Å². The Kier molecular flexibility index (Phi) is 7.28. The number of hydrogen-bond donors (Lipinski definition) is 3. The highest BCUT2D eigenvalue weighted by atomic mass is 16.5. The number of amides is 3. The Morgan fingerprint density at radius 3 is 2.83 bits per heavy atom. The summed E-state index contributed by atoms with van der Waals surface area (Å²) in [6, 6.07) is 8.05. The molecule has 1 aliphatic heterocycles. The second-order valence-electron chi connectivity index (χ2n) is 8.18. The van der Waals surface area contributed by atoms with E-state index in [1.54, 1.807) is 4.90 Å². The number of rotatable bonds is 11. The van der Waals surface area contributed by atoms with Gasteiger partial charge >= 0.3 is 6.03 Å². The van der Waals surface area contributed by atoms with E-state index in [2.05, 4.69) is 54.3 Å². The van der Waals surface area contributed by atoms with Crippen molar-refractivity contribution in [2.24, 2.45) is 5.92 Å². The molecule has 3 N–H and O–H groups in total. The van der Waals surface area contributed by atoms with Gasteiger partial charge in [0.15, 0.2) is 0 Å². The van der Waals surface area contributed by atoms with Crippen LogP contribution in [0.1, 0.15) is 45.1 Å². The molecule has 3 amide bonds. The predicted octanol–water partition coefficient (Wildman–Crippen LogP) is 2.69. The third-order valence-electron chi connectivity index (χ3n) is 5.12. The lowest BCUT2D eigenvalue weighted by Gasteiger charge is -2.25. The molecule has 29 heavy (non-hydrogen) atoms. The number of nitrogens with one attached hydrogen (secondary N) is 3. The van der Waals surface area contributed by atoms with Crippen LogP contribution in [0.2, 0.25) is 0 Å². The van der Waals surface area contributed by atoms with E-state index in [9.17, 15) is 9.59 Å². The highest BCUT2D eigenvalue weighted by molar-refractivity contribution is 5.96. The van der Waals surface area contributed by atoms with E-state index >= 15 is 0 Å². The number of carbonyl (C=O) groups excluding carboxylic acids is 2. The normalized spacial score (nSPS) is 18.4. The molecule has 7 nitrogen and oxygen atoms in total. The van der Waals surface area contributed by atoms with E-state index < -0.39 is 0 Å². The topological polar surface area (TPSA) is 82.7 Å². The molecule has 1 aliphatic carbocycles. The average Bonchev–Trinajstić information content (AvgIpc) is 3.48. The van der Waals surface area contributed by atoms with Gasteiger partial charge in [-0.05, 0) is 42.9 Å². The summed E-state index contributed by atoms with van der Waals surface area (Å²) in [7, 11) is 0. The zero-order chi connectivity index (χ0) is 20.7. The predicted molar refractivity (Wildman–Crippen MR) is 112 cm³/mol. The van der Waals surface area contributed by atoms with Gasteiger partial charge in [-0.15, -0.1) is 0 Å². The number of ether oxygens (including phenoxy) is 1. The number of hydrazine groups is 1. The van der Waals surface area contributed by atoms with Crippen molar-refractivity contribution in [3.8, 4) is 5.75 Å². The molecular weight excluding hydrogens is 368 g/mol. The van der Waals surface area contributed by atoms with Crippen molar-refractivity contribution >= 4 is 11.9 Å². The van der Waals surface area contributed by atoms with Gasteiger partial charge in [0, 0.05) is 26.1 Å². The number of benzene rings is 1. The van der Waals surface area contributed by atoms with E-state index in [0.29, 0.717) is 25.4 Å². The Bertz CT molecular complexity index is 743. The minimum atomic E-state index is -0.305. The Hall–Kier alpha value is -2.38. The van der Waals surface area contributed by atoms with Crippen LogP contribution in [-0.4, -0.2) is 43.1 Å². The highest BCUT2D eigenvalue weighted by Gasteiger charge is 2.44. The van der Waals surface area contributed by atoms with E-state index in [4.69, 9.17) is 4.74 Å². The summed E-state index contributed by atoms with van der Waals surface area (Å²) < 4.78 is 5.86. The van der Waals surface area contributed by atoms with E-state index in [0.717, 1.165) is 38.2 Å².